The van der Waals surface area contributed by atoms with E-state index in [0.29, 0.717) is 10.6 Å². The molecule has 0 bridgehead atoms. The Morgan fingerprint density at radius 3 is 2.88 bits per heavy atom. The van der Waals surface area contributed by atoms with E-state index in [2.05, 4.69) is 16.9 Å². The number of rotatable bonds is 4. The van der Waals surface area contributed by atoms with E-state index in [1.807, 2.05) is 19.0 Å². The number of carbonyl (C=O) groups excluding carboxylic acids is 1. The number of hydrogen-bond donors (Lipinski definition) is 1. The summed E-state index contributed by atoms with van der Waals surface area (Å²) in [6.07, 6.45) is 1.60. The van der Waals surface area contributed by atoms with Gasteiger partial charge < -0.3 is 10.2 Å². The summed E-state index contributed by atoms with van der Waals surface area (Å²) in [5.41, 5.74) is 0.552. The molecule has 1 N–H and O–H groups in total. The molecule has 0 aromatic carbocycles. The SMILES string of the molecule is C=C(Cl)CNC(=O)c1ccnc(N(C)C)c1. The number of pyridine rings is 1. The molecule has 0 radical (unpaired) electrons. The molecule has 1 heterocycles. The van der Waals surface area contributed by atoms with E-state index in [1.165, 1.54) is 0 Å². The van der Waals surface area contributed by atoms with Crippen LogP contribution in [0.25, 0.3) is 0 Å². The van der Waals surface area contributed by atoms with Crippen LogP contribution in [0.15, 0.2) is 29.9 Å². The maximum Gasteiger partial charge on any atom is 0.251 e. The summed E-state index contributed by atoms with van der Waals surface area (Å²) < 4.78 is 0. The van der Waals surface area contributed by atoms with E-state index in [4.69, 9.17) is 11.6 Å². The van der Waals surface area contributed by atoms with Gasteiger partial charge in [-0.3, -0.25) is 4.79 Å². The number of nitrogens with one attached hydrogen (secondary N) is 1. The van der Waals surface area contributed by atoms with Crippen molar-refractivity contribution in [2.24, 2.45) is 0 Å². The Bertz CT molecular complexity index is 404. The Labute approximate surface area is 99.9 Å². The Morgan fingerprint density at radius 2 is 2.31 bits per heavy atom. The number of carbonyl (C=O) groups is 1. The second-order valence-electron chi connectivity index (χ2n) is 3.50. The molecule has 0 saturated heterocycles. The number of halogens is 1. The van der Waals surface area contributed by atoms with Crippen molar-refractivity contribution >= 4 is 23.3 Å². The van der Waals surface area contributed by atoms with Crippen LogP contribution in [0.1, 0.15) is 10.4 Å². The van der Waals surface area contributed by atoms with Crippen molar-refractivity contribution in [3.8, 4) is 0 Å². The number of anilines is 1. The summed E-state index contributed by atoms with van der Waals surface area (Å²) in [5.74, 6) is 0.546. The van der Waals surface area contributed by atoms with Crippen molar-refractivity contribution < 1.29 is 4.79 Å². The predicted molar refractivity (Wildman–Crippen MR) is 65.9 cm³/mol. The molecule has 86 valence electrons. The third-order valence-corrected chi connectivity index (χ3v) is 2.04. The molecule has 16 heavy (non-hydrogen) atoms. The van der Waals surface area contributed by atoms with Crippen LogP contribution < -0.4 is 10.2 Å². The summed E-state index contributed by atoms with van der Waals surface area (Å²) in [4.78, 5) is 17.6. The maximum absolute atomic E-state index is 11.7. The van der Waals surface area contributed by atoms with Crippen molar-refractivity contribution in [1.29, 1.82) is 0 Å². The summed E-state index contributed by atoms with van der Waals surface area (Å²) in [6, 6.07) is 3.37. The van der Waals surface area contributed by atoms with Crippen LogP contribution in [0.5, 0.6) is 0 Å². The Balaban J connectivity index is 2.75. The van der Waals surface area contributed by atoms with Crippen LogP contribution in [-0.2, 0) is 0 Å². The zero-order chi connectivity index (χ0) is 12.1. The van der Waals surface area contributed by atoms with Crippen molar-refractivity contribution in [2.75, 3.05) is 25.5 Å². The quantitative estimate of drug-likeness (QED) is 0.869. The van der Waals surface area contributed by atoms with Crippen LogP contribution in [0.4, 0.5) is 5.82 Å². The van der Waals surface area contributed by atoms with Crippen LogP contribution >= 0.6 is 11.6 Å². The Morgan fingerprint density at radius 1 is 1.62 bits per heavy atom. The number of nitrogens with zero attached hydrogens (tertiary/aromatic N) is 2. The van der Waals surface area contributed by atoms with Gasteiger partial charge >= 0.3 is 0 Å². The highest BCUT2D eigenvalue weighted by atomic mass is 35.5. The first-order chi connectivity index (χ1) is 7.50. The number of hydrogen-bond acceptors (Lipinski definition) is 3. The third-order valence-electron chi connectivity index (χ3n) is 1.91. The van der Waals surface area contributed by atoms with Crippen LogP contribution in [0.3, 0.4) is 0 Å². The van der Waals surface area contributed by atoms with Crippen molar-refractivity contribution in [3.05, 3.63) is 35.5 Å². The molecular weight excluding hydrogens is 226 g/mol. The zero-order valence-corrected chi connectivity index (χ0v) is 10.1. The van der Waals surface area contributed by atoms with Gasteiger partial charge in [-0.1, -0.05) is 18.2 Å². The lowest BCUT2D eigenvalue weighted by atomic mass is 10.2. The van der Waals surface area contributed by atoms with E-state index in [1.54, 1.807) is 18.3 Å². The van der Waals surface area contributed by atoms with Gasteiger partial charge in [0.2, 0.25) is 0 Å². The van der Waals surface area contributed by atoms with Gasteiger partial charge in [0.15, 0.2) is 0 Å². The Hall–Kier alpha value is -1.55. The summed E-state index contributed by atoms with van der Waals surface area (Å²) in [6.45, 7) is 3.76. The first kappa shape index (κ1) is 12.5. The van der Waals surface area contributed by atoms with Crippen molar-refractivity contribution in [2.45, 2.75) is 0 Å². The van der Waals surface area contributed by atoms with Crippen molar-refractivity contribution in [1.82, 2.24) is 10.3 Å². The summed E-state index contributed by atoms with van der Waals surface area (Å²) in [7, 11) is 3.73. The molecule has 0 aliphatic rings. The first-order valence-corrected chi connectivity index (χ1v) is 5.13. The molecule has 1 amide bonds. The number of aromatic nitrogens is 1. The zero-order valence-electron chi connectivity index (χ0n) is 9.33. The molecule has 0 atom stereocenters. The van der Waals surface area contributed by atoms with E-state index in [9.17, 15) is 4.79 Å². The lowest BCUT2D eigenvalue weighted by Gasteiger charge is -2.12. The van der Waals surface area contributed by atoms with Crippen molar-refractivity contribution in [3.63, 3.8) is 0 Å². The highest BCUT2D eigenvalue weighted by molar-refractivity contribution is 6.29. The van der Waals surface area contributed by atoms with Crippen LogP contribution in [-0.4, -0.2) is 31.5 Å². The minimum absolute atomic E-state index is 0.188. The molecule has 0 saturated carbocycles. The van der Waals surface area contributed by atoms with Crippen LogP contribution in [0, 0.1) is 0 Å². The lowest BCUT2D eigenvalue weighted by molar-refractivity contribution is 0.0957. The highest BCUT2D eigenvalue weighted by Crippen LogP contribution is 2.09. The molecule has 0 fully saturated rings. The topological polar surface area (TPSA) is 45.2 Å². The smallest absolute Gasteiger partial charge is 0.251 e. The highest BCUT2D eigenvalue weighted by Gasteiger charge is 2.07. The second-order valence-corrected chi connectivity index (χ2v) is 4.03. The maximum atomic E-state index is 11.7. The minimum Gasteiger partial charge on any atom is -0.363 e. The fourth-order valence-electron chi connectivity index (χ4n) is 1.08. The molecule has 4 nitrogen and oxygen atoms in total. The van der Waals surface area contributed by atoms with E-state index < -0.39 is 0 Å². The van der Waals surface area contributed by atoms with E-state index >= 15 is 0 Å². The lowest BCUT2D eigenvalue weighted by Crippen LogP contribution is -2.24. The van der Waals surface area contributed by atoms with Gasteiger partial charge in [0.25, 0.3) is 5.91 Å². The van der Waals surface area contributed by atoms with Gasteiger partial charge in [0.05, 0.1) is 6.54 Å². The van der Waals surface area contributed by atoms with E-state index in [-0.39, 0.29) is 12.5 Å². The molecule has 0 aliphatic heterocycles. The van der Waals surface area contributed by atoms with Gasteiger partial charge in [-0.25, -0.2) is 4.98 Å². The van der Waals surface area contributed by atoms with E-state index in [0.717, 1.165) is 5.82 Å². The molecule has 1 rings (SSSR count). The van der Waals surface area contributed by atoms with Gasteiger partial charge in [0, 0.05) is 30.9 Å². The average molecular weight is 240 g/mol. The number of amides is 1. The fraction of sp³-hybridized carbons (Fsp3) is 0.273. The fourth-order valence-corrected chi connectivity index (χ4v) is 1.15. The van der Waals surface area contributed by atoms with Gasteiger partial charge in [-0.2, -0.15) is 0 Å². The molecule has 1 aromatic rings. The molecular formula is C11H14ClN3O. The summed E-state index contributed by atoms with van der Waals surface area (Å²) in [5, 5.41) is 3.05. The van der Waals surface area contributed by atoms with Gasteiger partial charge in [-0.15, -0.1) is 0 Å². The molecule has 0 spiro atoms. The second kappa shape index (κ2) is 5.51. The predicted octanol–water partition coefficient (Wildman–Crippen LogP) is 1.63. The van der Waals surface area contributed by atoms with Crippen LogP contribution in [0.2, 0.25) is 0 Å². The molecule has 0 unspecified atom stereocenters. The van der Waals surface area contributed by atoms with Gasteiger partial charge in [0.1, 0.15) is 5.82 Å². The minimum atomic E-state index is -0.188. The monoisotopic (exact) mass is 239 g/mol. The Kier molecular flexibility index (Phi) is 4.31. The first-order valence-electron chi connectivity index (χ1n) is 4.75. The molecule has 1 aromatic heterocycles. The normalized spacial score (nSPS) is 9.69. The van der Waals surface area contributed by atoms with Gasteiger partial charge in [-0.05, 0) is 12.1 Å². The molecule has 5 heteroatoms. The summed E-state index contributed by atoms with van der Waals surface area (Å²) >= 11 is 5.56. The largest absolute Gasteiger partial charge is 0.363 e. The standard InChI is InChI=1S/C11H14ClN3O/c1-8(12)7-14-11(16)9-4-5-13-10(6-9)15(2)3/h4-6H,1,7H2,2-3H3,(H,14,16). The third kappa shape index (κ3) is 3.55. The average Bonchev–Trinajstić information content (AvgIpc) is 2.26. The molecule has 0 aliphatic carbocycles.